The Kier molecular flexibility index (Phi) is 6.45. The number of nitrogens with zero attached hydrogens (tertiary/aromatic N) is 2. The Labute approximate surface area is 157 Å². The monoisotopic (exact) mass is 350 g/mol. The molecule has 0 N–H and O–H groups in total. The van der Waals surface area contributed by atoms with Crippen LogP contribution in [0.4, 0.5) is 5.69 Å². The minimum absolute atomic E-state index is 0.128. The summed E-state index contributed by atoms with van der Waals surface area (Å²) in [4.78, 5) is 17.6. The normalized spacial score (nSPS) is 20.7. The van der Waals surface area contributed by atoms with Crippen LogP contribution in [0.1, 0.15) is 25.8 Å². The van der Waals surface area contributed by atoms with E-state index in [4.69, 9.17) is 0 Å². The Morgan fingerprint density at radius 1 is 1.08 bits per heavy atom. The number of likely N-dealkylation sites (tertiary alicyclic amines) is 1. The van der Waals surface area contributed by atoms with Crippen LogP contribution >= 0.6 is 0 Å². The molecule has 1 aliphatic heterocycles. The number of rotatable bonds is 6. The van der Waals surface area contributed by atoms with Crippen molar-refractivity contribution >= 4 is 11.6 Å². The largest absolute Gasteiger partial charge is 0.312 e. The van der Waals surface area contributed by atoms with Crippen molar-refractivity contribution in [1.29, 1.82) is 0 Å². The van der Waals surface area contributed by atoms with Crippen molar-refractivity contribution in [3.63, 3.8) is 0 Å². The van der Waals surface area contributed by atoms with E-state index in [2.05, 4.69) is 49.1 Å². The Balaban J connectivity index is 1.57. The summed E-state index contributed by atoms with van der Waals surface area (Å²) in [5, 5.41) is 0. The topological polar surface area (TPSA) is 23.6 Å². The highest BCUT2D eigenvalue weighted by molar-refractivity contribution is 5.95. The molecule has 138 valence electrons. The Morgan fingerprint density at radius 3 is 2.35 bits per heavy atom. The zero-order valence-corrected chi connectivity index (χ0v) is 16.0. The second-order valence-corrected chi connectivity index (χ2v) is 7.33. The van der Waals surface area contributed by atoms with Gasteiger partial charge in [-0.05, 0) is 49.9 Å². The van der Waals surface area contributed by atoms with Gasteiger partial charge >= 0.3 is 0 Å². The summed E-state index contributed by atoms with van der Waals surface area (Å²) >= 11 is 0. The van der Waals surface area contributed by atoms with Crippen molar-refractivity contribution in [2.45, 2.75) is 26.7 Å². The Bertz CT molecular complexity index is 686. The summed E-state index contributed by atoms with van der Waals surface area (Å²) in [7, 11) is 0. The minimum atomic E-state index is 0.128. The minimum Gasteiger partial charge on any atom is -0.312 e. The van der Waals surface area contributed by atoms with Crippen LogP contribution in [0.15, 0.2) is 60.7 Å². The van der Waals surface area contributed by atoms with E-state index in [0.717, 1.165) is 44.7 Å². The lowest BCUT2D eigenvalue weighted by molar-refractivity contribution is -0.125. The van der Waals surface area contributed by atoms with Gasteiger partial charge in [0.1, 0.15) is 0 Å². The van der Waals surface area contributed by atoms with Crippen LogP contribution in [0.2, 0.25) is 0 Å². The van der Waals surface area contributed by atoms with Gasteiger partial charge in [0.25, 0.3) is 0 Å². The number of piperidine rings is 1. The molecule has 0 saturated carbocycles. The molecule has 1 fully saturated rings. The van der Waals surface area contributed by atoms with Crippen LogP contribution in [-0.2, 0) is 11.2 Å². The maximum atomic E-state index is 13.1. The number of para-hydroxylation sites is 1. The quantitative estimate of drug-likeness (QED) is 0.778. The molecule has 2 aromatic carbocycles. The lowest BCUT2D eigenvalue weighted by Crippen LogP contribution is -2.47. The highest BCUT2D eigenvalue weighted by Gasteiger charge is 2.33. The number of amides is 1. The van der Waals surface area contributed by atoms with E-state index in [9.17, 15) is 4.79 Å². The molecule has 2 atom stereocenters. The molecular formula is C23H30N2O. The number of carbonyl (C=O) groups is 1. The molecule has 0 aliphatic carbocycles. The molecule has 0 aromatic heterocycles. The van der Waals surface area contributed by atoms with E-state index in [1.165, 1.54) is 5.56 Å². The van der Waals surface area contributed by atoms with Gasteiger partial charge in [-0.1, -0.05) is 55.5 Å². The lowest BCUT2D eigenvalue weighted by Gasteiger charge is -2.38. The second-order valence-electron chi connectivity index (χ2n) is 7.33. The van der Waals surface area contributed by atoms with E-state index < -0.39 is 0 Å². The van der Waals surface area contributed by atoms with E-state index in [1.807, 2.05) is 35.2 Å². The van der Waals surface area contributed by atoms with Crippen LogP contribution in [0.25, 0.3) is 0 Å². The molecule has 2 aromatic rings. The van der Waals surface area contributed by atoms with Crippen LogP contribution in [-0.4, -0.2) is 37.0 Å². The third-order valence-electron chi connectivity index (χ3n) is 5.52. The first-order chi connectivity index (χ1) is 12.7. The van der Waals surface area contributed by atoms with E-state index in [0.29, 0.717) is 5.92 Å². The zero-order chi connectivity index (χ0) is 18.4. The summed E-state index contributed by atoms with van der Waals surface area (Å²) in [5.74, 6) is 0.807. The summed E-state index contributed by atoms with van der Waals surface area (Å²) < 4.78 is 0. The van der Waals surface area contributed by atoms with Gasteiger partial charge in [0.2, 0.25) is 5.91 Å². The van der Waals surface area contributed by atoms with E-state index >= 15 is 0 Å². The van der Waals surface area contributed by atoms with Gasteiger partial charge in [0.15, 0.2) is 0 Å². The molecule has 1 saturated heterocycles. The molecule has 3 rings (SSSR count). The molecule has 0 bridgehead atoms. The third kappa shape index (κ3) is 4.53. The molecule has 0 spiro atoms. The molecular weight excluding hydrogens is 320 g/mol. The average molecular weight is 351 g/mol. The SMILES string of the molecule is CCN(C(=O)[C@H]1CCN(CCc2ccccc2)C[C@H]1C)c1ccccc1. The summed E-state index contributed by atoms with van der Waals surface area (Å²) in [6.07, 6.45) is 2.04. The second kappa shape index (κ2) is 9.00. The van der Waals surface area contributed by atoms with Gasteiger partial charge in [-0.15, -0.1) is 0 Å². The maximum Gasteiger partial charge on any atom is 0.230 e. The van der Waals surface area contributed by atoms with E-state index in [-0.39, 0.29) is 11.8 Å². The predicted molar refractivity (Wildman–Crippen MR) is 108 cm³/mol. The van der Waals surface area contributed by atoms with Crippen molar-refractivity contribution in [3.05, 3.63) is 66.2 Å². The fraction of sp³-hybridized carbons (Fsp3) is 0.435. The van der Waals surface area contributed by atoms with Crippen LogP contribution in [0.3, 0.4) is 0 Å². The molecule has 0 radical (unpaired) electrons. The van der Waals surface area contributed by atoms with Crippen LogP contribution in [0.5, 0.6) is 0 Å². The maximum absolute atomic E-state index is 13.1. The van der Waals surface area contributed by atoms with Crippen molar-refractivity contribution in [2.75, 3.05) is 31.1 Å². The van der Waals surface area contributed by atoms with Gasteiger partial charge in [-0.3, -0.25) is 4.79 Å². The van der Waals surface area contributed by atoms with Crippen LogP contribution < -0.4 is 4.90 Å². The third-order valence-corrected chi connectivity index (χ3v) is 5.52. The van der Waals surface area contributed by atoms with Crippen LogP contribution in [0, 0.1) is 11.8 Å². The van der Waals surface area contributed by atoms with Crippen molar-refractivity contribution in [1.82, 2.24) is 4.90 Å². The fourth-order valence-corrected chi connectivity index (χ4v) is 4.01. The van der Waals surface area contributed by atoms with Crippen molar-refractivity contribution < 1.29 is 4.79 Å². The van der Waals surface area contributed by atoms with Gasteiger partial charge < -0.3 is 9.80 Å². The zero-order valence-electron chi connectivity index (χ0n) is 16.0. The first kappa shape index (κ1) is 18.7. The van der Waals surface area contributed by atoms with Gasteiger partial charge in [0.05, 0.1) is 0 Å². The average Bonchev–Trinajstić information content (AvgIpc) is 2.68. The molecule has 26 heavy (non-hydrogen) atoms. The number of hydrogen-bond acceptors (Lipinski definition) is 2. The molecule has 1 aliphatic rings. The highest BCUT2D eigenvalue weighted by Crippen LogP contribution is 2.27. The van der Waals surface area contributed by atoms with Gasteiger partial charge in [-0.25, -0.2) is 0 Å². The number of hydrogen-bond donors (Lipinski definition) is 0. The standard InChI is InChI=1S/C23H30N2O/c1-3-25(21-12-8-5-9-13-21)23(26)22-15-17-24(18-19(22)2)16-14-20-10-6-4-7-11-20/h4-13,19,22H,3,14-18H2,1-2H3/t19-,22+/m1/s1. The van der Waals surface area contributed by atoms with E-state index in [1.54, 1.807) is 0 Å². The summed E-state index contributed by atoms with van der Waals surface area (Å²) in [6, 6.07) is 20.7. The predicted octanol–water partition coefficient (Wildman–Crippen LogP) is 4.24. The number of benzene rings is 2. The lowest BCUT2D eigenvalue weighted by atomic mass is 9.85. The fourth-order valence-electron chi connectivity index (χ4n) is 4.01. The van der Waals surface area contributed by atoms with Crippen molar-refractivity contribution in [2.24, 2.45) is 11.8 Å². The molecule has 1 amide bonds. The Hall–Kier alpha value is -2.13. The molecule has 3 nitrogen and oxygen atoms in total. The first-order valence-electron chi connectivity index (χ1n) is 9.81. The molecule has 1 heterocycles. The Morgan fingerprint density at radius 2 is 1.73 bits per heavy atom. The molecule has 0 unspecified atom stereocenters. The molecule has 3 heteroatoms. The first-order valence-corrected chi connectivity index (χ1v) is 9.81. The number of carbonyl (C=O) groups excluding carboxylic acids is 1. The smallest absolute Gasteiger partial charge is 0.230 e. The highest BCUT2D eigenvalue weighted by atomic mass is 16.2. The van der Waals surface area contributed by atoms with Gasteiger partial charge in [-0.2, -0.15) is 0 Å². The van der Waals surface area contributed by atoms with Crippen molar-refractivity contribution in [3.8, 4) is 0 Å². The van der Waals surface area contributed by atoms with Gasteiger partial charge in [0, 0.05) is 31.2 Å². The summed E-state index contributed by atoms with van der Waals surface area (Å²) in [5.41, 5.74) is 2.40. The summed E-state index contributed by atoms with van der Waals surface area (Å²) in [6.45, 7) is 8.12. The number of anilines is 1.